The average molecular weight is 325 g/mol. The lowest BCUT2D eigenvalue weighted by Gasteiger charge is -2.42. The van der Waals surface area contributed by atoms with Gasteiger partial charge in [0.2, 0.25) is 11.8 Å². The highest BCUT2D eigenvalue weighted by molar-refractivity contribution is 5.76. The van der Waals surface area contributed by atoms with E-state index in [-0.39, 0.29) is 24.2 Å². The fourth-order valence-corrected chi connectivity index (χ4v) is 2.70. The molecular formula is C16H27N3O4. The minimum absolute atomic E-state index is 0.0489. The van der Waals surface area contributed by atoms with Gasteiger partial charge in [-0.25, -0.2) is 4.98 Å². The van der Waals surface area contributed by atoms with Crippen LogP contribution in [0, 0.1) is 6.92 Å². The number of ether oxygens (including phenoxy) is 2. The summed E-state index contributed by atoms with van der Waals surface area (Å²) in [7, 11) is 3.43. The molecule has 0 N–H and O–H groups in total. The van der Waals surface area contributed by atoms with E-state index in [1.807, 2.05) is 6.92 Å². The van der Waals surface area contributed by atoms with Gasteiger partial charge in [-0.2, -0.15) is 0 Å². The molecule has 0 unspecified atom stereocenters. The van der Waals surface area contributed by atoms with Gasteiger partial charge in [0, 0.05) is 27.2 Å². The zero-order valence-corrected chi connectivity index (χ0v) is 14.7. The van der Waals surface area contributed by atoms with Crippen molar-refractivity contribution in [1.29, 1.82) is 0 Å². The van der Waals surface area contributed by atoms with Gasteiger partial charge in [-0.3, -0.25) is 9.69 Å². The highest BCUT2D eigenvalue weighted by atomic mass is 16.6. The molecule has 0 aromatic carbocycles. The maximum atomic E-state index is 11.5. The van der Waals surface area contributed by atoms with Crippen molar-refractivity contribution in [1.82, 2.24) is 14.8 Å². The van der Waals surface area contributed by atoms with E-state index in [1.165, 1.54) is 4.90 Å². The summed E-state index contributed by atoms with van der Waals surface area (Å²) in [6, 6.07) is 0. The maximum Gasteiger partial charge on any atom is 0.248 e. The largest absolute Gasteiger partial charge is 0.445 e. The number of nitrogens with zero attached hydrogens (tertiary/aromatic N) is 3. The van der Waals surface area contributed by atoms with Crippen LogP contribution in [0.15, 0.2) is 10.6 Å². The first-order valence-electron chi connectivity index (χ1n) is 7.84. The van der Waals surface area contributed by atoms with Crippen molar-refractivity contribution >= 4 is 5.91 Å². The van der Waals surface area contributed by atoms with Crippen LogP contribution in [0.5, 0.6) is 0 Å². The molecule has 23 heavy (non-hydrogen) atoms. The maximum absolute atomic E-state index is 11.5. The SMILES string of the molecule is Cc1cnc(CN2C[C@H](COCC(=O)N(C)C)OC(C)(C)C2)o1. The number of hydrogen-bond donors (Lipinski definition) is 0. The minimum atomic E-state index is -0.278. The standard InChI is InChI=1S/C16H27N3O4/c1-12-6-17-14(22-12)8-19-7-13(23-16(2,3)11-19)9-21-10-15(20)18(4)5/h6,13H,7-11H2,1-5H3/t13-/m1/s1. The third-order valence-electron chi connectivity index (χ3n) is 3.61. The summed E-state index contributed by atoms with van der Waals surface area (Å²) in [5.41, 5.74) is -0.278. The Labute approximate surface area is 137 Å². The fraction of sp³-hybridized carbons (Fsp3) is 0.750. The lowest BCUT2D eigenvalue weighted by molar-refractivity contribution is -0.162. The molecular weight excluding hydrogens is 298 g/mol. The Balaban J connectivity index is 1.86. The third-order valence-corrected chi connectivity index (χ3v) is 3.61. The molecule has 1 saturated heterocycles. The van der Waals surface area contributed by atoms with E-state index in [1.54, 1.807) is 20.3 Å². The Morgan fingerprint density at radius 3 is 2.87 bits per heavy atom. The molecule has 0 spiro atoms. The molecule has 1 atom stereocenters. The summed E-state index contributed by atoms with van der Waals surface area (Å²) in [6.07, 6.45) is 1.65. The third kappa shape index (κ3) is 5.60. The number of rotatable bonds is 6. The predicted octanol–water partition coefficient (Wildman–Crippen LogP) is 1.07. The molecule has 1 aromatic heterocycles. The summed E-state index contributed by atoms with van der Waals surface area (Å²) >= 11 is 0. The first kappa shape index (κ1) is 17.9. The zero-order valence-electron chi connectivity index (χ0n) is 14.7. The Morgan fingerprint density at radius 1 is 1.52 bits per heavy atom. The molecule has 0 aliphatic carbocycles. The Kier molecular flexibility index (Phi) is 5.78. The van der Waals surface area contributed by atoms with Gasteiger partial charge >= 0.3 is 0 Å². The quantitative estimate of drug-likeness (QED) is 0.779. The van der Waals surface area contributed by atoms with E-state index in [2.05, 4.69) is 23.7 Å². The molecule has 7 nitrogen and oxygen atoms in total. The number of amides is 1. The predicted molar refractivity (Wildman–Crippen MR) is 85.0 cm³/mol. The fourth-order valence-electron chi connectivity index (χ4n) is 2.70. The van der Waals surface area contributed by atoms with Gasteiger partial charge in [-0.1, -0.05) is 0 Å². The highest BCUT2D eigenvalue weighted by Gasteiger charge is 2.34. The molecule has 1 aliphatic heterocycles. The molecule has 7 heteroatoms. The number of oxazole rings is 1. The number of hydrogen-bond acceptors (Lipinski definition) is 6. The van der Waals surface area contributed by atoms with Crippen LogP contribution >= 0.6 is 0 Å². The van der Waals surface area contributed by atoms with Crippen molar-refractivity contribution in [3.8, 4) is 0 Å². The second-order valence-electron chi connectivity index (χ2n) is 6.84. The van der Waals surface area contributed by atoms with Crippen molar-refractivity contribution in [3.63, 3.8) is 0 Å². The number of morpholine rings is 1. The van der Waals surface area contributed by atoms with E-state index in [4.69, 9.17) is 13.9 Å². The lowest BCUT2D eigenvalue weighted by atomic mass is 10.1. The summed E-state index contributed by atoms with van der Waals surface area (Å²) in [5.74, 6) is 1.48. The number of aryl methyl sites for hydroxylation is 1. The number of aromatic nitrogens is 1. The van der Waals surface area contributed by atoms with Crippen molar-refractivity contribution in [2.75, 3.05) is 40.4 Å². The lowest BCUT2D eigenvalue weighted by Crippen LogP contribution is -2.53. The van der Waals surface area contributed by atoms with Crippen LogP contribution in [0.4, 0.5) is 0 Å². The second kappa shape index (κ2) is 7.42. The summed E-state index contributed by atoms with van der Waals surface area (Å²) in [5, 5.41) is 0. The van der Waals surface area contributed by atoms with Crippen LogP contribution in [0.25, 0.3) is 0 Å². The van der Waals surface area contributed by atoms with Gasteiger partial charge in [0.25, 0.3) is 0 Å². The molecule has 0 radical (unpaired) electrons. The minimum Gasteiger partial charge on any atom is -0.445 e. The van der Waals surface area contributed by atoms with E-state index in [9.17, 15) is 4.79 Å². The Bertz CT molecular complexity index is 527. The van der Waals surface area contributed by atoms with Gasteiger partial charge in [-0.15, -0.1) is 0 Å². The van der Waals surface area contributed by atoms with Crippen molar-refractivity contribution < 1.29 is 18.7 Å². The normalized spacial score (nSPS) is 21.3. The van der Waals surface area contributed by atoms with Gasteiger partial charge < -0.3 is 18.8 Å². The van der Waals surface area contributed by atoms with Crippen LogP contribution in [-0.2, 0) is 20.8 Å². The van der Waals surface area contributed by atoms with Crippen LogP contribution in [0.2, 0.25) is 0 Å². The smallest absolute Gasteiger partial charge is 0.248 e. The second-order valence-corrected chi connectivity index (χ2v) is 6.84. The van der Waals surface area contributed by atoms with E-state index >= 15 is 0 Å². The summed E-state index contributed by atoms with van der Waals surface area (Å²) < 4.78 is 17.1. The molecule has 1 aromatic rings. The van der Waals surface area contributed by atoms with Crippen LogP contribution in [0.3, 0.4) is 0 Å². The Hall–Kier alpha value is -1.44. The average Bonchev–Trinajstić information content (AvgIpc) is 2.82. The molecule has 0 bridgehead atoms. The van der Waals surface area contributed by atoms with E-state index in [0.717, 1.165) is 18.8 Å². The number of likely N-dealkylation sites (N-methyl/N-ethyl adjacent to an activating group) is 1. The van der Waals surface area contributed by atoms with Gasteiger partial charge in [-0.05, 0) is 20.8 Å². The van der Waals surface area contributed by atoms with Gasteiger partial charge in [0.05, 0.1) is 31.1 Å². The first-order chi connectivity index (χ1) is 10.7. The van der Waals surface area contributed by atoms with Gasteiger partial charge in [0.15, 0.2) is 0 Å². The van der Waals surface area contributed by atoms with Gasteiger partial charge in [0.1, 0.15) is 12.4 Å². The molecule has 2 rings (SSSR count). The molecule has 2 heterocycles. The van der Waals surface area contributed by atoms with Crippen LogP contribution in [-0.4, -0.2) is 72.8 Å². The van der Waals surface area contributed by atoms with Crippen LogP contribution in [0.1, 0.15) is 25.5 Å². The monoisotopic (exact) mass is 325 g/mol. The first-order valence-corrected chi connectivity index (χ1v) is 7.84. The number of carbonyl (C=O) groups is 1. The molecule has 1 aliphatic rings. The topological polar surface area (TPSA) is 68.0 Å². The summed E-state index contributed by atoms with van der Waals surface area (Å²) in [6.45, 7) is 8.63. The van der Waals surface area contributed by atoms with E-state index < -0.39 is 0 Å². The molecule has 0 saturated carbocycles. The molecule has 1 fully saturated rings. The zero-order chi connectivity index (χ0) is 17.0. The van der Waals surface area contributed by atoms with Crippen molar-refractivity contribution in [2.45, 2.75) is 39.0 Å². The van der Waals surface area contributed by atoms with Crippen molar-refractivity contribution in [2.24, 2.45) is 0 Å². The van der Waals surface area contributed by atoms with E-state index in [0.29, 0.717) is 19.0 Å². The molecule has 1 amide bonds. The number of carbonyl (C=O) groups excluding carboxylic acids is 1. The Morgan fingerprint density at radius 2 is 2.26 bits per heavy atom. The van der Waals surface area contributed by atoms with Crippen molar-refractivity contribution in [3.05, 3.63) is 17.8 Å². The summed E-state index contributed by atoms with van der Waals surface area (Å²) in [4.78, 5) is 19.6. The molecule has 130 valence electrons. The highest BCUT2D eigenvalue weighted by Crippen LogP contribution is 2.22. The van der Waals surface area contributed by atoms with Crippen LogP contribution < -0.4 is 0 Å².